The molecule has 2 fully saturated rings. The summed E-state index contributed by atoms with van der Waals surface area (Å²) in [6.07, 6.45) is 7.97. The van der Waals surface area contributed by atoms with Gasteiger partial charge in [-0.15, -0.1) is 0 Å². The topological polar surface area (TPSA) is 35.5 Å². The smallest absolute Gasteiger partial charge is 0.0434 e. The summed E-state index contributed by atoms with van der Waals surface area (Å²) in [6.45, 7) is 9.73. The van der Waals surface area contributed by atoms with Crippen molar-refractivity contribution in [1.29, 1.82) is 0 Å². The largest absolute Gasteiger partial charge is 0.396 e. The molecule has 0 aromatic heterocycles. The zero-order chi connectivity index (χ0) is 14.4. The lowest BCUT2D eigenvalue weighted by atomic mass is 9.90. The van der Waals surface area contributed by atoms with E-state index in [1.165, 1.54) is 51.7 Å². The lowest BCUT2D eigenvalue weighted by Crippen LogP contribution is -2.51. The van der Waals surface area contributed by atoms with Gasteiger partial charge in [0.15, 0.2) is 0 Å². The lowest BCUT2D eigenvalue weighted by molar-refractivity contribution is 0.106. The van der Waals surface area contributed by atoms with Gasteiger partial charge in [0.25, 0.3) is 0 Å². The Hall–Kier alpha value is -0.120. The van der Waals surface area contributed by atoms with E-state index in [9.17, 15) is 5.11 Å². The first-order valence-corrected chi connectivity index (χ1v) is 8.74. The SMILES string of the molecule is CC(C)CNC1CC(CCO)CN(CC2CCCC2)C1. The van der Waals surface area contributed by atoms with Gasteiger partial charge in [0.1, 0.15) is 0 Å². The van der Waals surface area contributed by atoms with Crippen molar-refractivity contribution in [2.45, 2.75) is 58.4 Å². The number of likely N-dealkylation sites (tertiary alicyclic amines) is 1. The van der Waals surface area contributed by atoms with Gasteiger partial charge in [-0.2, -0.15) is 0 Å². The van der Waals surface area contributed by atoms with E-state index in [1.807, 2.05) is 0 Å². The highest BCUT2D eigenvalue weighted by Crippen LogP contribution is 2.28. The van der Waals surface area contributed by atoms with Crippen LogP contribution in [0.4, 0.5) is 0 Å². The molecule has 20 heavy (non-hydrogen) atoms. The van der Waals surface area contributed by atoms with Crippen LogP contribution in [0.2, 0.25) is 0 Å². The van der Waals surface area contributed by atoms with Crippen LogP contribution in [0.3, 0.4) is 0 Å². The Kier molecular flexibility index (Phi) is 6.79. The number of rotatable bonds is 7. The Morgan fingerprint density at radius 3 is 2.55 bits per heavy atom. The van der Waals surface area contributed by atoms with Crippen LogP contribution in [0.1, 0.15) is 52.4 Å². The molecule has 0 radical (unpaired) electrons. The molecule has 3 nitrogen and oxygen atoms in total. The Balaban J connectivity index is 1.82. The van der Waals surface area contributed by atoms with Gasteiger partial charge in [-0.25, -0.2) is 0 Å². The van der Waals surface area contributed by atoms with Crippen LogP contribution in [0.25, 0.3) is 0 Å². The third-order valence-electron chi connectivity index (χ3n) is 4.96. The van der Waals surface area contributed by atoms with Gasteiger partial charge in [0.2, 0.25) is 0 Å². The van der Waals surface area contributed by atoms with Crippen LogP contribution in [0.5, 0.6) is 0 Å². The molecule has 1 heterocycles. The molecule has 1 aliphatic heterocycles. The van der Waals surface area contributed by atoms with Crippen LogP contribution < -0.4 is 5.32 Å². The molecule has 1 saturated carbocycles. The van der Waals surface area contributed by atoms with Gasteiger partial charge in [0.05, 0.1) is 0 Å². The highest BCUT2D eigenvalue weighted by Gasteiger charge is 2.28. The molecule has 2 N–H and O–H groups in total. The molecule has 0 bridgehead atoms. The predicted molar refractivity (Wildman–Crippen MR) is 84.8 cm³/mol. The average Bonchev–Trinajstić information content (AvgIpc) is 2.89. The van der Waals surface area contributed by atoms with Crippen LogP contribution in [0, 0.1) is 17.8 Å². The van der Waals surface area contributed by atoms with Gasteiger partial charge in [-0.1, -0.05) is 26.7 Å². The summed E-state index contributed by atoms with van der Waals surface area (Å²) < 4.78 is 0. The van der Waals surface area contributed by atoms with E-state index < -0.39 is 0 Å². The number of hydrogen-bond acceptors (Lipinski definition) is 3. The molecule has 2 rings (SSSR count). The lowest BCUT2D eigenvalue weighted by Gasteiger charge is -2.39. The zero-order valence-electron chi connectivity index (χ0n) is 13.5. The Bertz CT molecular complexity index is 264. The molecule has 3 heteroatoms. The van der Waals surface area contributed by atoms with Gasteiger partial charge in [-0.3, -0.25) is 0 Å². The van der Waals surface area contributed by atoms with Crippen LogP contribution >= 0.6 is 0 Å². The fraction of sp³-hybridized carbons (Fsp3) is 1.00. The van der Waals surface area contributed by atoms with E-state index >= 15 is 0 Å². The van der Waals surface area contributed by atoms with E-state index in [4.69, 9.17) is 0 Å². The standard InChI is InChI=1S/C17H34N2O/c1-14(2)10-18-17-9-16(7-8-20)12-19(13-17)11-15-5-3-4-6-15/h14-18,20H,3-13H2,1-2H3. The first-order chi connectivity index (χ1) is 9.67. The van der Waals surface area contributed by atoms with Gasteiger partial charge >= 0.3 is 0 Å². The second-order valence-corrected chi connectivity index (χ2v) is 7.48. The molecule has 0 aromatic rings. The zero-order valence-corrected chi connectivity index (χ0v) is 13.5. The Morgan fingerprint density at radius 1 is 1.15 bits per heavy atom. The quantitative estimate of drug-likeness (QED) is 0.753. The van der Waals surface area contributed by atoms with Crippen LogP contribution in [-0.2, 0) is 0 Å². The summed E-state index contributed by atoms with van der Waals surface area (Å²) in [6, 6.07) is 0.629. The first-order valence-electron chi connectivity index (χ1n) is 8.74. The molecule has 2 unspecified atom stereocenters. The highest BCUT2D eigenvalue weighted by atomic mass is 16.3. The minimum Gasteiger partial charge on any atom is -0.396 e. The maximum absolute atomic E-state index is 9.25. The van der Waals surface area contributed by atoms with Crippen molar-refractivity contribution in [3.05, 3.63) is 0 Å². The van der Waals surface area contributed by atoms with Gasteiger partial charge in [0, 0.05) is 32.3 Å². The molecule has 2 aliphatic rings. The number of hydrogen-bond donors (Lipinski definition) is 2. The van der Waals surface area contributed by atoms with Crippen molar-refractivity contribution in [2.75, 3.05) is 32.8 Å². The van der Waals surface area contributed by atoms with E-state index in [1.54, 1.807) is 0 Å². The third-order valence-corrected chi connectivity index (χ3v) is 4.96. The molecule has 118 valence electrons. The maximum Gasteiger partial charge on any atom is 0.0434 e. The van der Waals surface area contributed by atoms with Gasteiger partial charge < -0.3 is 15.3 Å². The number of aliphatic hydroxyl groups is 1. The Labute approximate surface area is 125 Å². The summed E-state index contributed by atoms with van der Waals surface area (Å²) >= 11 is 0. The van der Waals surface area contributed by atoms with Crippen molar-refractivity contribution in [1.82, 2.24) is 10.2 Å². The van der Waals surface area contributed by atoms with Gasteiger partial charge in [-0.05, 0) is 50.0 Å². The van der Waals surface area contributed by atoms with Crippen molar-refractivity contribution in [3.63, 3.8) is 0 Å². The number of nitrogens with zero attached hydrogens (tertiary/aromatic N) is 1. The molecule has 1 saturated heterocycles. The molecular formula is C17H34N2O. The second kappa shape index (κ2) is 8.35. The van der Waals surface area contributed by atoms with Crippen molar-refractivity contribution < 1.29 is 5.11 Å². The summed E-state index contributed by atoms with van der Waals surface area (Å²) in [5, 5.41) is 13.0. The summed E-state index contributed by atoms with van der Waals surface area (Å²) in [5.41, 5.74) is 0. The normalized spacial score (nSPS) is 29.4. The molecule has 1 aliphatic carbocycles. The predicted octanol–water partition coefficient (Wildman–Crippen LogP) is 2.50. The molecule has 0 spiro atoms. The van der Waals surface area contributed by atoms with Crippen LogP contribution in [-0.4, -0.2) is 48.8 Å². The maximum atomic E-state index is 9.25. The summed E-state index contributed by atoms with van der Waals surface area (Å²) in [4.78, 5) is 2.68. The van der Waals surface area contributed by atoms with E-state index in [0.717, 1.165) is 24.8 Å². The van der Waals surface area contributed by atoms with Crippen molar-refractivity contribution in [2.24, 2.45) is 17.8 Å². The fourth-order valence-corrected chi connectivity index (χ4v) is 3.95. The third kappa shape index (κ3) is 5.34. The molecular weight excluding hydrogens is 248 g/mol. The first kappa shape index (κ1) is 16.3. The summed E-state index contributed by atoms with van der Waals surface area (Å²) in [7, 11) is 0. The van der Waals surface area contributed by atoms with Crippen molar-refractivity contribution in [3.8, 4) is 0 Å². The second-order valence-electron chi connectivity index (χ2n) is 7.48. The minimum absolute atomic E-state index is 0.346. The Morgan fingerprint density at radius 2 is 1.90 bits per heavy atom. The van der Waals surface area contributed by atoms with E-state index in [0.29, 0.717) is 18.6 Å². The molecule has 2 atom stereocenters. The molecule has 0 amide bonds. The van der Waals surface area contributed by atoms with Crippen molar-refractivity contribution >= 4 is 0 Å². The highest BCUT2D eigenvalue weighted by molar-refractivity contribution is 4.85. The summed E-state index contributed by atoms with van der Waals surface area (Å²) in [5.74, 6) is 2.34. The number of aliphatic hydroxyl groups excluding tert-OH is 1. The number of nitrogens with one attached hydrogen (secondary N) is 1. The monoisotopic (exact) mass is 282 g/mol. The van der Waals surface area contributed by atoms with Crippen LogP contribution in [0.15, 0.2) is 0 Å². The minimum atomic E-state index is 0.346. The average molecular weight is 282 g/mol. The molecule has 0 aromatic carbocycles. The van der Waals surface area contributed by atoms with E-state index in [2.05, 4.69) is 24.1 Å². The van der Waals surface area contributed by atoms with E-state index in [-0.39, 0.29) is 0 Å². The number of piperidine rings is 1. The fourth-order valence-electron chi connectivity index (χ4n) is 3.95.